The van der Waals surface area contributed by atoms with Crippen LogP contribution in [0.5, 0.6) is 0 Å². The quantitative estimate of drug-likeness (QED) is 0.704. The van der Waals surface area contributed by atoms with E-state index < -0.39 is 0 Å². The highest BCUT2D eigenvalue weighted by Gasteiger charge is 2.34. The molecule has 2 aliphatic carbocycles. The molecular formula is C12H15FN2. The molecule has 0 N–H and O–H groups in total. The number of aromatic nitrogens is 1. The van der Waals surface area contributed by atoms with Gasteiger partial charge in [-0.1, -0.05) is 6.07 Å². The first-order chi connectivity index (χ1) is 7.33. The minimum absolute atomic E-state index is 0.367. The third kappa shape index (κ3) is 2.11. The largest absolute Gasteiger partial charge is 0.353 e. The Morgan fingerprint density at radius 1 is 1.27 bits per heavy atom. The van der Waals surface area contributed by atoms with Crippen molar-refractivity contribution < 1.29 is 4.39 Å². The van der Waals surface area contributed by atoms with Crippen LogP contribution in [0.15, 0.2) is 18.2 Å². The number of pyridine rings is 1. The Bertz CT molecular complexity index is 358. The van der Waals surface area contributed by atoms with Gasteiger partial charge in [-0.15, -0.1) is 0 Å². The van der Waals surface area contributed by atoms with E-state index in [-0.39, 0.29) is 5.95 Å². The van der Waals surface area contributed by atoms with E-state index in [0.29, 0.717) is 6.04 Å². The molecule has 80 valence electrons. The number of hydrogen-bond acceptors (Lipinski definition) is 2. The van der Waals surface area contributed by atoms with Crippen molar-refractivity contribution in [2.24, 2.45) is 5.92 Å². The Hall–Kier alpha value is -1.12. The Kier molecular flexibility index (Phi) is 2.11. The predicted octanol–water partition coefficient (Wildman–Crippen LogP) is 2.60. The Morgan fingerprint density at radius 3 is 2.67 bits per heavy atom. The lowest BCUT2D eigenvalue weighted by Gasteiger charge is -2.23. The highest BCUT2D eigenvalue weighted by atomic mass is 19.1. The van der Waals surface area contributed by atoms with Crippen LogP contribution in [0.25, 0.3) is 0 Å². The summed E-state index contributed by atoms with van der Waals surface area (Å²) >= 11 is 0. The van der Waals surface area contributed by atoms with Gasteiger partial charge in [0.25, 0.3) is 0 Å². The fourth-order valence-corrected chi connectivity index (χ4v) is 1.95. The van der Waals surface area contributed by atoms with Gasteiger partial charge < -0.3 is 4.90 Å². The molecule has 0 unspecified atom stereocenters. The fourth-order valence-electron chi connectivity index (χ4n) is 1.95. The number of halogens is 1. The molecule has 0 radical (unpaired) electrons. The maximum Gasteiger partial charge on any atom is 0.214 e. The smallest absolute Gasteiger partial charge is 0.214 e. The molecule has 0 bridgehead atoms. The maximum absolute atomic E-state index is 13.0. The predicted molar refractivity (Wildman–Crippen MR) is 57.3 cm³/mol. The van der Waals surface area contributed by atoms with Gasteiger partial charge in [0.15, 0.2) is 0 Å². The van der Waals surface area contributed by atoms with Gasteiger partial charge in [-0.2, -0.15) is 4.39 Å². The molecule has 3 rings (SSSR count). The molecule has 2 aliphatic rings. The average molecular weight is 206 g/mol. The van der Waals surface area contributed by atoms with Gasteiger partial charge in [0.1, 0.15) is 5.82 Å². The molecule has 2 saturated carbocycles. The van der Waals surface area contributed by atoms with E-state index in [1.807, 2.05) is 6.07 Å². The van der Waals surface area contributed by atoms with Crippen molar-refractivity contribution in [2.75, 3.05) is 11.4 Å². The zero-order chi connectivity index (χ0) is 10.3. The number of nitrogens with zero attached hydrogens (tertiary/aromatic N) is 2. The van der Waals surface area contributed by atoms with Crippen molar-refractivity contribution in [3.8, 4) is 0 Å². The van der Waals surface area contributed by atoms with Crippen molar-refractivity contribution >= 4 is 5.82 Å². The second-order valence-electron chi connectivity index (χ2n) is 4.65. The van der Waals surface area contributed by atoms with Gasteiger partial charge >= 0.3 is 0 Å². The molecule has 0 spiro atoms. The minimum Gasteiger partial charge on any atom is -0.353 e. The molecule has 0 saturated heterocycles. The zero-order valence-electron chi connectivity index (χ0n) is 8.69. The van der Waals surface area contributed by atoms with Crippen LogP contribution < -0.4 is 4.90 Å². The summed E-state index contributed by atoms with van der Waals surface area (Å²) in [5.74, 6) is 1.29. The van der Waals surface area contributed by atoms with Gasteiger partial charge in [0.05, 0.1) is 0 Å². The topological polar surface area (TPSA) is 16.1 Å². The average Bonchev–Trinajstić information content (AvgIpc) is 3.08. The van der Waals surface area contributed by atoms with Crippen LogP contribution in [-0.4, -0.2) is 17.6 Å². The van der Waals surface area contributed by atoms with Crippen LogP contribution in [-0.2, 0) is 0 Å². The van der Waals surface area contributed by atoms with Gasteiger partial charge in [0, 0.05) is 12.6 Å². The first kappa shape index (κ1) is 9.13. The number of anilines is 1. The molecule has 1 heterocycles. The van der Waals surface area contributed by atoms with Gasteiger partial charge in [0.2, 0.25) is 5.95 Å². The number of rotatable bonds is 4. The Morgan fingerprint density at radius 2 is 2.07 bits per heavy atom. The summed E-state index contributed by atoms with van der Waals surface area (Å²) in [4.78, 5) is 6.27. The van der Waals surface area contributed by atoms with Crippen LogP contribution in [0.1, 0.15) is 25.7 Å². The zero-order valence-corrected chi connectivity index (χ0v) is 8.69. The summed E-state index contributed by atoms with van der Waals surface area (Å²) in [5, 5.41) is 0. The summed E-state index contributed by atoms with van der Waals surface area (Å²) in [6.45, 7) is 1.07. The van der Waals surface area contributed by atoms with E-state index in [1.54, 1.807) is 6.07 Å². The second kappa shape index (κ2) is 3.47. The van der Waals surface area contributed by atoms with Gasteiger partial charge in [-0.25, -0.2) is 4.98 Å². The lowest BCUT2D eigenvalue weighted by Crippen LogP contribution is -2.29. The summed E-state index contributed by atoms with van der Waals surface area (Å²) < 4.78 is 13.0. The molecule has 0 aliphatic heterocycles. The highest BCUT2D eigenvalue weighted by Crippen LogP contribution is 2.36. The lowest BCUT2D eigenvalue weighted by molar-refractivity contribution is 0.578. The third-order valence-corrected chi connectivity index (χ3v) is 3.13. The van der Waals surface area contributed by atoms with Crippen LogP contribution in [0.3, 0.4) is 0 Å². The van der Waals surface area contributed by atoms with Gasteiger partial charge in [-0.05, 0) is 43.7 Å². The van der Waals surface area contributed by atoms with Crippen molar-refractivity contribution in [1.29, 1.82) is 0 Å². The molecule has 2 fully saturated rings. The van der Waals surface area contributed by atoms with E-state index in [1.165, 1.54) is 31.7 Å². The van der Waals surface area contributed by atoms with Crippen molar-refractivity contribution in [3.63, 3.8) is 0 Å². The summed E-state index contributed by atoms with van der Waals surface area (Å²) in [7, 11) is 0. The Balaban J connectivity index is 1.80. The van der Waals surface area contributed by atoms with Crippen LogP contribution >= 0.6 is 0 Å². The van der Waals surface area contributed by atoms with E-state index >= 15 is 0 Å². The van der Waals surface area contributed by atoms with E-state index in [4.69, 9.17) is 0 Å². The van der Waals surface area contributed by atoms with Crippen molar-refractivity contribution in [2.45, 2.75) is 31.7 Å². The second-order valence-corrected chi connectivity index (χ2v) is 4.65. The first-order valence-corrected chi connectivity index (χ1v) is 5.72. The van der Waals surface area contributed by atoms with Crippen molar-refractivity contribution in [3.05, 3.63) is 24.1 Å². The molecule has 1 aromatic rings. The molecule has 1 aromatic heterocycles. The van der Waals surface area contributed by atoms with E-state index in [9.17, 15) is 4.39 Å². The van der Waals surface area contributed by atoms with Gasteiger partial charge in [-0.3, -0.25) is 0 Å². The monoisotopic (exact) mass is 206 g/mol. The van der Waals surface area contributed by atoms with Crippen LogP contribution in [0, 0.1) is 11.9 Å². The SMILES string of the molecule is Fc1cccc(N(CC2CC2)C2CC2)n1. The molecule has 3 heteroatoms. The van der Waals surface area contributed by atoms with E-state index in [0.717, 1.165) is 18.3 Å². The lowest BCUT2D eigenvalue weighted by atomic mass is 10.3. The molecule has 15 heavy (non-hydrogen) atoms. The Labute approximate surface area is 89.1 Å². The molecule has 0 amide bonds. The maximum atomic E-state index is 13.0. The minimum atomic E-state index is -0.367. The standard InChI is InChI=1S/C12H15FN2/c13-11-2-1-3-12(14-11)15(10-6-7-10)8-9-4-5-9/h1-3,9-10H,4-8H2. The van der Waals surface area contributed by atoms with Crippen LogP contribution in [0.4, 0.5) is 10.2 Å². The fraction of sp³-hybridized carbons (Fsp3) is 0.583. The van der Waals surface area contributed by atoms with E-state index in [2.05, 4.69) is 9.88 Å². The molecule has 0 aromatic carbocycles. The molecule has 2 nitrogen and oxygen atoms in total. The normalized spacial score (nSPS) is 20.3. The summed E-state index contributed by atoms with van der Waals surface area (Å²) in [5.41, 5.74) is 0. The highest BCUT2D eigenvalue weighted by molar-refractivity contribution is 5.41. The number of hydrogen-bond donors (Lipinski definition) is 0. The van der Waals surface area contributed by atoms with Crippen LogP contribution in [0.2, 0.25) is 0 Å². The molecule has 0 atom stereocenters. The third-order valence-electron chi connectivity index (χ3n) is 3.13. The first-order valence-electron chi connectivity index (χ1n) is 5.72. The summed E-state index contributed by atoms with van der Waals surface area (Å²) in [6.07, 6.45) is 5.15. The van der Waals surface area contributed by atoms with Crippen molar-refractivity contribution in [1.82, 2.24) is 4.98 Å². The molecular weight excluding hydrogens is 191 g/mol. The summed E-state index contributed by atoms with van der Waals surface area (Å²) in [6, 6.07) is 5.70.